The number of likely N-dealkylation sites (tertiary alicyclic amines) is 2. The summed E-state index contributed by atoms with van der Waals surface area (Å²) >= 11 is 0. The van der Waals surface area contributed by atoms with Crippen LogP contribution in [0.1, 0.15) is 64.7 Å². The van der Waals surface area contributed by atoms with Gasteiger partial charge in [-0.3, -0.25) is 14.9 Å². The lowest BCUT2D eigenvalue weighted by Gasteiger charge is -2.32. The minimum Gasteiger partial charge on any atom is -0.446 e. The average molecular weight is 620 g/mol. The average Bonchev–Trinajstić information content (AvgIpc) is 3.07. The third-order valence-electron chi connectivity index (χ3n) is 9.02. The number of anilines is 1. The summed E-state index contributed by atoms with van der Waals surface area (Å²) in [5.41, 5.74) is 2.74. The Morgan fingerprint density at radius 1 is 0.889 bits per heavy atom. The molecule has 3 amide bonds. The zero-order valence-electron chi connectivity index (χ0n) is 27.3. The van der Waals surface area contributed by atoms with Crippen molar-refractivity contribution in [1.29, 1.82) is 0 Å². The maximum atomic E-state index is 12.7. The standard InChI is InChI=1S/C36H53N5O4/c1-3-21-37-35(43)30-15-12-23-41(28-30)22-11-5-8-18-34(42)39(2)26-27-40-24-19-31(20-25-40)45-36(44)38-33-17-10-9-16-32(33)29-13-6-4-7-14-29/h4,6-7,9-10,13-14,16-17,30-31H,3,5,8,11-12,15,18-28H2,1-2H3,(H,37,43)(H,38,44)/t30-/m1/s1. The molecule has 0 spiro atoms. The third-order valence-corrected chi connectivity index (χ3v) is 9.02. The molecule has 246 valence electrons. The summed E-state index contributed by atoms with van der Waals surface area (Å²) in [6.07, 6.45) is 7.65. The van der Waals surface area contributed by atoms with Crippen molar-refractivity contribution in [2.24, 2.45) is 5.92 Å². The first-order valence-electron chi connectivity index (χ1n) is 17.0. The zero-order valence-corrected chi connectivity index (χ0v) is 27.3. The summed E-state index contributed by atoms with van der Waals surface area (Å²) in [5.74, 6) is 0.523. The first-order chi connectivity index (χ1) is 21.9. The van der Waals surface area contributed by atoms with Gasteiger partial charge in [-0.25, -0.2) is 4.79 Å². The van der Waals surface area contributed by atoms with Crippen LogP contribution in [-0.2, 0) is 14.3 Å². The molecule has 2 N–H and O–H groups in total. The van der Waals surface area contributed by atoms with Crippen molar-refractivity contribution in [3.63, 3.8) is 0 Å². The molecule has 0 radical (unpaired) electrons. The Bertz CT molecular complexity index is 1200. The van der Waals surface area contributed by atoms with Gasteiger partial charge in [-0.2, -0.15) is 0 Å². The number of unbranched alkanes of at least 4 members (excludes halogenated alkanes) is 2. The molecule has 2 fully saturated rings. The molecule has 9 nitrogen and oxygen atoms in total. The lowest BCUT2D eigenvalue weighted by Crippen LogP contribution is -2.43. The molecule has 2 heterocycles. The summed E-state index contributed by atoms with van der Waals surface area (Å²) in [5, 5.41) is 5.98. The number of carbonyl (C=O) groups is 3. The largest absolute Gasteiger partial charge is 0.446 e. The fourth-order valence-electron chi connectivity index (χ4n) is 6.26. The second-order valence-electron chi connectivity index (χ2n) is 12.5. The fourth-order valence-corrected chi connectivity index (χ4v) is 6.26. The Morgan fingerprint density at radius 2 is 1.64 bits per heavy atom. The number of amides is 3. The summed E-state index contributed by atoms with van der Waals surface area (Å²) in [6.45, 7) is 8.99. The number of ether oxygens (including phenoxy) is 1. The molecule has 0 aliphatic carbocycles. The highest BCUT2D eigenvalue weighted by Gasteiger charge is 2.25. The van der Waals surface area contributed by atoms with Crippen LogP contribution in [0.5, 0.6) is 0 Å². The quantitative estimate of drug-likeness (QED) is 0.251. The molecule has 2 aliphatic heterocycles. The van der Waals surface area contributed by atoms with Gasteiger partial charge in [0.1, 0.15) is 6.10 Å². The second-order valence-corrected chi connectivity index (χ2v) is 12.5. The van der Waals surface area contributed by atoms with E-state index in [0.717, 1.165) is 114 Å². The second kappa shape index (κ2) is 18.5. The number of likely N-dealkylation sites (N-methyl/N-ethyl adjacent to an activating group) is 1. The molecular weight excluding hydrogens is 566 g/mol. The number of piperidine rings is 2. The molecule has 2 saturated heterocycles. The van der Waals surface area contributed by atoms with E-state index in [2.05, 4.69) is 27.4 Å². The van der Waals surface area contributed by atoms with Crippen LogP contribution in [0.15, 0.2) is 54.6 Å². The monoisotopic (exact) mass is 619 g/mol. The van der Waals surface area contributed by atoms with Crippen LogP contribution in [0.4, 0.5) is 10.5 Å². The van der Waals surface area contributed by atoms with Crippen LogP contribution in [0.25, 0.3) is 11.1 Å². The number of rotatable bonds is 15. The molecule has 45 heavy (non-hydrogen) atoms. The first-order valence-corrected chi connectivity index (χ1v) is 17.0. The van der Waals surface area contributed by atoms with Crippen LogP contribution in [-0.4, -0.2) is 98.1 Å². The van der Waals surface area contributed by atoms with Gasteiger partial charge in [0, 0.05) is 58.3 Å². The van der Waals surface area contributed by atoms with Crippen molar-refractivity contribution in [1.82, 2.24) is 20.0 Å². The van der Waals surface area contributed by atoms with Gasteiger partial charge in [0.05, 0.1) is 11.6 Å². The van der Waals surface area contributed by atoms with Gasteiger partial charge in [-0.1, -0.05) is 61.9 Å². The summed E-state index contributed by atoms with van der Waals surface area (Å²) in [6, 6.07) is 17.8. The number of hydrogen-bond acceptors (Lipinski definition) is 6. The number of nitrogens with zero attached hydrogens (tertiary/aromatic N) is 3. The van der Waals surface area contributed by atoms with E-state index in [-0.39, 0.29) is 23.8 Å². The SMILES string of the molecule is CCCNC(=O)[C@@H]1CCCN(CCCCCC(=O)N(C)CCN2CCC(OC(=O)Nc3ccccc3-c3ccccc3)CC2)C1. The lowest BCUT2D eigenvalue weighted by molar-refractivity contribution is -0.130. The summed E-state index contributed by atoms with van der Waals surface area (Å²) in [4.78, 5) is 44.4. The van der Waals surface area contributed by atoms with Crippen molar-refractivity contribution in [2.45, 2.75) is 70.8 Å². The highest BCUT2D eigenvalue weighted by molar-refractivity contribution is 5.91. The van der Waals surface area contributed by atoms with E-state index in [1.165, 1.54) is 0 Å². The summed E-state index contributed by atoms with van der Waals surface area (Å²) in [7, 11) is 1.90. The van der Waals surface area contributed by atoms with Gasteiger partial charge in [0.15, 0.2) is 0 Å². The van der Waals surface area contributed by atoms with Crippen molar-refractivity contribution < 1.29 is 19.1 Å². The molecule has 2 aliphatic rings. The van der Waals surface area contributed by atoms with E-state index in [0.29, 0.717) is 13.0 Å². The molecule has 0 unspecified atom stereocenters. The van der Waals surface area contributed by atoms with E-state index < -0.39 is 6.09 Å². The van der Waals surface area contributed by atoms with Crippen molar-refractivity contribution in [3.8, 4) is 11.1 Å². The van der Waals surface area contributed by atoms with Crippen molar-refractivity contribution in [2.75, 3.05) is 64.7 Å². The molecule has 9 heteroatoms. The first kappa shape index (κ1) is 34.4. The molecule has 0 bridgehead atoms. The fraction of sp³-hybridized carbons (Fsp3) is 0.583. The van der Waals surface area contributed by atoms with Gasteiger partial charge in [-0.05, 0) is 69.7 Å². The number of hydrogen-bond donors (Lipinski definition) is 2. The van der Waals surface area contributed by atoms with E-state index in [9.17, 15) is 14.4 Å². The predicted molar refractivity (Wildman–Crippen MR) is 180 cm³/mol. The molecule has 0 aromatic heterocycles. The molecule has 4 rings (SSSR count). The zero-order chi connectivity index (χ0) is 31.9. The van der Waals surface area contributed by atoms with E-state index in [1.54, 1.807) is 0 Å². The highest BCUT2D eigenvalue weighted by Crippen LogP contribution is 2.28. The molecular formula is C36H53N5O4. The highest BCUT2D eigenvalue weighted by atomic mass is 16.6. The Balaban J connectivity index is 1.06. The van der Waals surface area contributed by atoms with Crippen molar-refractivity contribution in [3.05, 3.63) is 54.6 Å². The minimum absolute atomic E-state index is 0.112. The Morgan fingerprint density at radius 3 is 2.42 bits per heavy atom. The molecule has 2 aromatic rings. The van der Waals surface area contributed by atoms with Gasteiger partial charge in [0.25, 0.3) is 0 Å². The number of para-hydroxylation sites is 1. The topological polar surface area (TPSA) is 94.2 Å². The van der Waals surface area contributed by atoms with Gasteiger partial charge >= 0.3 is 6.09 Å². The van der Waals surface area contributed by atoms with E-state index in [1.807, 2.05) is 66.5 Å². The van der Waals surface area contributed by atoms with E-state index in [4.69, 9.17) is 4.74 Å². The molecule has 0 saturated carbocycles. The minimum atomic E-state index is -0.419. The van der Waals surface area contributed by atoms with Crippen LogP contribution in [0, 0.1) is 5.92 Å². The number of nitrogens with one attached hydrogen (secondary N) is 2. The Kier molecular flexibility index (Phi) is 14.2. The van der Waals surface area contributed by atoms with E-state index >= 15 is 0 Å². The van der Waals surface area contributed by atoms with Crippen LogP contribution in [0.3, 0.4) is 0 Å². The maximum absolute atomic E-state index is 12.7. The smallest absolute Gasteiger partial charge is 0.411 e. The van der Waals surface area contributed by atoms with Crippen LogP contribution in [0.2, 0.25) is 0 Å². The normalized spacial score (nSPS) is 17.9. The Labute approximate surface area is 269 Å². The third kappa shape index (κ3) is 11.5. The lowest BCUT2D eigenvalue weighted by atomic mass is 9.97. The van der Waals surface area contributed by atoms with Crippen LogP contribution < -0.4 is 10.6 Å². The predicted octanol–water partition coefficient (Wildman–Crippen LogP) is 5.62. The van der Waals surface area contributed by atoms with Gasteiger partial charge in [0.2, 0.25) is 11.8 Å². The van der Waals surface area contributed by atoms with Gasteiger partial charge < -0.3 is 24.8 Å². The van der Waals surface area contributed by atoms with Gasteiger partial charge in [-0.15, -0.1) is 0 Å². The van der Waals surface area contributed by atoms with Crippen molar-refractivity contribution >= 4 is 23.6 Å². The number of carbonyl (C=O) groups excluding carboxylic acids is 3. The maximum Gasteiger partial charge on any atom is 0.411 e. The summed E-state index contributed by atoms with van der Waals surface area (Å²) < 4.78 is 5.77. The molecule has 1 atom stereocenters. The Hall–Kier alpha value is -3.43. The molecule has 2 aromatic carbocycles. The number of benzene rings is 2. The van der Waals surface area contributed by atoms with Crippen LogP contribution >= 0.6 is 0 Å².